The molecule has 0 atom stereocenters. The Morgan fingerprint density at radius 1 is 0.440 bits per heavy atom. The maximum atomic E-state index is 11.1. The molecule has 0 aliphatic carbocycles. The number of nitrogens with zero attached hydrogens (tertiary/aromatic N) is 7. The Hall–Kier alpha value is -10.2. The molecule has 6 aromatic carbocycles. The highest BCUT2D eigenvalue weighted by atomic mass is 35.5. The third-order valence-corrected chi connectivity index (χ3v) is 15.7. The molecular weight excluding hydrogens is 1100 g/mol. The molecule has 2 N–H and O–H groups in total. The lowest BCUT2D eigenvalue weighted by molar-refractivity contribution is -0.384. The van der Waals surface area contributed by atoms with Gasteiger partial charge in [-0.15, -0.1) is 5.92 Å². The molecule has 408 valence electrons. The number of pyridine rings is 6. The number of alkyl halides is 2. The smallest absolute Gasteiger partial charge is 0.277 e. The van der Waals surface area contributed by atoms with E-state index in [1.807, 2.05) is 91.3 Å². The van der Waals surface area contributed by atoms with Crippen LogP contribution in [0.5, 0.6) is 0 Å². The molecule has 8 heterocycles. The van der Waals surface area contributed by atoms with Gasteiger partial charge in [0.25, 0.3) is 5.69 Å². The Kier molecular flexibility index (Phi) is 19.3. The van der Waals surface area contributed by atoms with E-state index in [4.69, 9.17) is 23.2 Å². The summed E-state index contributed by atoms with van der Waals surface area (Å²) in [7, 11) is -0.446. The van der Waals surface area contributed by atoms with E-state index in [0.717, 1.165) is 56.1 Å². The number of nitro benzene ring substituents is 1. The maximum absolute atomic E-state index is 11.1. The van der Waals surface area contributed by atoms with Gasteiger partial charge in [-0.2, -0.15) is 0 Å². The molecule has 11 nitrogen and oxygen atoms in total. The van der Waals surface area contributed by atoms with Gasteiger partial charge in [0.05, 0.1) is 56.2 Å². The van der Waals surface area contributed by atoms with E-state index >= 15 is 0 Å². The van der Waals surface area contributed by atoms with Gasteiger partial charge in [-0.1, -0.05) is 187 Å². The summed E-state index contributed by atoms with van der Waals surface area (Å²) in [5.41, 5.74) is 10.8. The van der Waals surface area contributed by atoms with Crippen LogP contribution in [0.1, 0.15) is 6.92 Å². The molecule has 0 unspecified atom stereocenters. The normalized spacial score (nSPS) is 10.5. The lowest BCUT2D eigenvalue weighted by atomic mass is 10.0. The number of aromatic amines is 2. The number of nitrogens with one attached hydrogen (secondary N) is 2. The number of halogens is 2. The summed E-state index contributed by atoms with van der Waals surface area (Å²) in [6, 6.07) is 80.6. The first-order valence-electron chi connectivity index (χ1n) is 26.6. The average molecular weight is 1150 g/mol. The molecule has 84 heavy (non-hydrogen) atoms. The van der Waals surface area contributed by atoms with Crippen molar-refractivity contribution in [3.63, 3.8) is 0 Å². The van der Waals surface area contributed by atoms with E-state index in [1.54, 1.807) is 56.0 Å². The summed E-state index contributed by atoms with van der Waals surface area (Å²) >= 11 is 10.3. The molecular formula is C70H52Cl2N9O2P. The number of nitro groups is 1. The summed E-state index contributed by atoms with van der Waals surface area (Å²) in [5.74, 6) is 5.04. The number of H-pyrrole nitrogens is 2. The van der Waals surface area contributed by atoms with Crippen molar-refractivity contribution in [2.24, 2.45) is 0 Å². The van der Waals surface area contributed by atoms with E-state index in [0.29, 0.717) is 11.3 Å². The zero-order valence-corrected chi connectivity index (χ0v) is 47.7. The molecule has 0 radical (unpaired) electrons. The highest BCUT2D eigenvalue weighted by molar-refractivity contribution is 7.79. The van der Waals surface area contributed by atoms with Gasteiger partial charge in [0.2, 0.25) is 0 Å². The zero-order valence-electron chi connectivity index (χ0n) is 45.3. The zero-order chi connectivity index (χ0) is 57.9. The fourth-order valence-electron chi connectivity index (χ4n) is 9.29. The molecule has 0 amide bonds. The van der Waals surface area contributed by atoms with Gasteiger partial charge in [0.1, 0.15) is 5.69 Å². The topological polar surface area (TPSA) is 152 Å². The van der Waals surface area contributed by atoms with Crippen LogP contribution in [-0.4, -0.2) is 49.6 Å². The van der Waals surface area contributed by atoms with Gasteiger partial charge in [-0.3, -0.25) is 40.0 Å². The third-order valence-electron chi connectivity index (χ3n) is 13.0. The van der Waals surface area contributed by atoms with E-state index < -0.39 is 12.8 Å². The monoisotopic (exact) mass is 1150 g/mol. The van der Waals surface area contributed by atoms with Crippen molar-refractivity contribution in [1.82, 2.24) is 39.9 Å². The Bertz CT molecular complexity index is 4370. The molecule has 14 aromatic rings. The van der Waals surface area contributed by atoms with Gasteiger partial charge < -0.3 is 9.97 Å². The van der Waals surface area contributed by atoms with Crippen molar-refractivity contribution in [1.29, 1.82) is 0 Å². The summed E-state index contributed by atoms with van der Waals surface area (Å²) < 4.78 is 0. The Balaban J connectivity index is 0.000000121. The molecule has 0 saturated heterocycles. The molecule has 0 aliphatic heterocycles. The number of benzene rings is 6. The number of para-hydroxylation sites is 3. The van der Waals surface area contributed by atoms with Crippen molar-refractivity contribution < 1.29 is 4.92 Å². The number of rotatable bonds is 8. The molecule has 14 heteroatoms. The summed E-state index contributed by atoms with van der Waals surface area (Å²) in [4.78, 5) is 43.3. The van der Waals surface area contributed by atoms with Gasteiger partial charge in [-0.05, 0) is 115 Å². The minimum Gasteiger partial charge on any atom is -0.353 e. The minimum absolute atomic E-state index is 0.0793. The van der Waals surface area contributed by atoms with E-state index in [9.17, 15) is 10.1 Å². The molecule has 0 fully saturated rings. The summed E-state index contributed by atoms with van der Waals surface area (Å²) in [6.45, 7) is 1.69. The summed E-state index contributed by atoms with van der Waals surface area (Å²) in [6.07, 6.45) is 10.6. The van der Waals surface area contributed by atoms with Crippen LogP contribution in [0.25, 0.3) is 88.9 Å². The second-order valence-corrected chi connectivity index (χ2v) is 21.7. The van der Waals surface area contributed by atoms with Crippen molar-refractivity contribution >= 4 is 96.3 Å². The number of hydrogen-bond acceptors (Lipinski definition) is 8. The van der Waals surface area contributed by atoms with Crippen LogP contribution in [0.3, 0.4) is 0 Å². The molecule has 0 aliphatic rings. The van der Waals surface area contributed by atoms with Gasteiger partial charge in [0, 0.05) is 69.6 Å². The van der Waals surface area contributed by atoms with Crippen LogP contribution in [0, 0.1) is 22.0 Å². The average Bonchev–Trinajstić information content (AvgIpc) is 2.85. The van der Waals surface area contributed by atoms with Gasteiger partial charge >= 0.3 is 0 Å². The third kappa shape index (κ3) is 14.3. The maximum Gasteiger partial charge on any atom is 0.277 e. The van der Waals surface area contributed by atoms with E-state index in [2.05, 4.69) is 185 Å². The predicted octanol–water partition coefficient (Wildman–Crippen LogP) is 16.5. The highest BCUT2D eigenvalue weighted by Gasteiger charge is 2.17. The Labute approximate surface area is 497 Å². The van der Waals surface area contributed by atoms with Crippen LogP contribution in [0.2, 0.25) is 0 Å². The van der Waals surface area contributed by atoms with Crippen molar-refractivity contribution in [3.8, 4) is 57.1 Å². The minimum atomic E-state index is -0.519. The van der Waals surface area contributed by atoms with E-state index in [1.165, 1.54) is 43.5 Å². The van der Waals surface area contributed by atoms with Gasteiger partial charge in [0.15, 0.2) is 4.84 Å². The van der Waals surface area contributed by atoms with Crippen LogP contribution >= 0.6 is 31.1 Å². The Morgan fingerprint density at radius 2 is 0.917 bits per heavy atom. The first-order chi connectivity index (χ1) is 41.3. The van der Waals surface area contributed by atoms with Crippen molar-refractivity contribution in [2.45, 2.75) is 11.8 Å². The standard InChI is InChI=1S/C18H15P.C16H11N3O2.2C16H11N3.C4H4Cl2/c1-4-10-16(11-5-1)19(17-12-6-2-7-13-17)18-14-8-3-9-15-18;20-19(21)16-7-2-1-5-13(16)12-8-10-18-15(11-12)14-6-3-4-9-17-14;1-2-6-13-11(5-1)12-8-10-18-16(15(12)19-13)14-7-3-4-9-17-14;1-2-6-13-11(5-1)12-9-15(18-10-16(12)19-13)14-7-3-4-8-17-14;1-2-3-4(5)6/h1-15H;1-11H;2*1-10,19H;4H,1H3. The molecule has 0 spiro atoms. The first kappa shape index (κ1) is 57.0. The fourth-order valence-corrected chi connectivity index (χ4v) is 11.8. The van der Waals surface area contributed by atoms with Crippen molar-refractivity contribution in [3.05, 3.63) is 290 Å². The van der Waals surface area contributed by atoms with Crippen LogP contribution in [0.4, 0.5) is 5.69 Å². The van der Waals surface area contributed by atoms with Crippen molar-refractivity contribution in [2.75, 3.05) is 0 Å². The second-order valence-electron chi connectivity index (χ2n) is 18.4. The lowest BCUT2D eigenvalue weighted by Gasteiger charge is -2.18. The SMILES string of the molecule is CC#CC(Cl)Cl.O=[N+]([O-])c1ccccc1-c1ccnc(-c2ccccn2)c1.c1ccc(-c2cc3c(cn2)[nH]c2ccccc23)nc1.c1ccc(-c2nccc3c2[nH]c2ccccc23)nc1.c1ccc(P(c2ccccc2)c2ccccc2)cc1. The summed E-state index contributed by atoms with van der Waals surface area (Å²) in [5, 5.41) is 20.1. The number of aromatic nitrogens is 8. The number of hydrogen-bond donors (Lipinski definition) is 2. The Morgan fingerprint density at radius 3 is 1.45 bits per heavy atom. The second kappa shape index (κ2) is 28.5. The molecule has 8 aromatic heterocycles. The molecule has 14 rings (SSSR count). The quantitative estimate of drug-likeness (QED) is 0.0502. The van der Waals surface area contributed by atoms with Crippen LogP contribution in [0.15, 0.2) is 280 Å². The lowest BCUT2D eigenvalue weighted by Crippen LogP contribution is -2.20. The van der Waals surface area contributed by atoms with E-state index in [-0.39, 0.29) is 10.6 Å². The fraction of sp³-hybridized carbons (Fsp3) is 0.0286. The largest absolute Gasteiger partial charge is 0.353 e. The van der Waals surface area contributed by atoms with Gasteiger partial charge in [-0.25, -0.2) is 0 Å². The molecule has 0 bridgehead atoms. The number of fused-ring (bicyclic) bond motifs is 6. The van der Waals surface area contributed by atoms with Crippen LogP contribution < -0.4 is 15.9 Å². The first-order valence-corrected chi connectivity index (χ1v) is 28.9. The molecule has 0 saturated carbocycles. The van der Waals surface area contributed by atoms with Crippen LogP contribution in [-0.2, 0) is 0 Å². The predicted molar refractivity (Wildman–Crippen MR) is 347 cm³/mol. The highest BCUT2D eigenvalue weighted by Crippen LogP contribution is 2.34.